The molecule has 3 rings (SSSR count). The summed E-state index contributed by atoms with van der Waals surface area (Å²) in [7, 11) is 2.03. The summed E-state index contributed by atoms with van der Waals surface area (Å²) in [6, 6.07) is 8.23. The quantitative estimate of drug-likeness (QED) is 0.849. The first-order valence-corrected chi connectivity index (χ1v) is 6.80. The lowest BCUT2D eigenvalue weighted by molar-refractivity contribution is 0.239. The van der Waals surface area contributed by atoms with Gasteiger partial charge in [-0.3, -0.25) is 0 Å². The highest BCUT2D eigenvalue weighted by Gasteiger charge is 2.24. The Kier molecular flexibility index (Phi) is 2.91. The maximum atomic E-state index is 5.92. The average Bonchev–Trinajstić information content (AvgIpc) is 2.94. The Morgan fingerprint density at radius 2 is 2.22 bits per heavy atom. The second-order valence-corrected chi connectivity index (χ2v) is 5.70. The minimum absolute atomic E-state index is 0.205. The molecule has 0 radical (unpaired) electrons. The van der Waals surface area contributed by atoms with Gasteiger partial charge in [0.2, 0.25) is 5.13 Å². The van der Waals surface area contributed by atoms with Crippen LogP contribution < -0.4 is 9.64 Å². The van der Waals surface area contributed by atoms with E-state index in [0.717, 1.165) is 28.9 Å². The molecule has 1 aliphatic heterocycles. The summed E-state index contributed by atoms with van der Waals surface area (Å²) in [5.74, 6) is 1.02. The van der Waals surface area contributed by atoms with Crippen molar-refractivity contribution >= 4 is 16.5 Å². The zero-order valence-electron chi connectivity index (χ0n) is 10.5. The first kappa shape index (κ1) is 11.5. The van der Waals surface area contributed by atoms with Gasteiger partial charge in [-0.25, -0.2) is 0 Å². The predicted octanol–water partition coefficient (Wildman–Crippen LogP) is 2.29. The Bertz CT molecular complexity index is 530. The van der Waals surface area contributed by atoms with E-state index in [9.17, 15) is 0 Å². The van der Waals surface area contributed by atoms with Crippen molar-refractivity contribution in [3.8, 4) is 5.75 Å². The highest BCUT2D eigenvalue weighted by Crippen LogP contribution is 2.29. The van der Waals surface area contributed by atoms with Crippen molar-refractivity contribution in [2.45, 2.75) is 19.4 Å². The highest BCUT2D eigenvalue weighted by molar-refractivity contribution is 7.15. The van der Waals surface area contributed by atoms with Crippen molar-refractivity contribution in [2.24, 2.45) is 0 Å². The van der Waals surface area contributed by atoms with Crippen LogP contribution in [0.5, 0.6) is 5.75 Å². The van der Waals surface area contributed by atoms with Gasteiger partial charge < -0.3 is 9.64 Å². The fourth-order valence-electron chi connectivity index (χ4n) is 2.18. The van der Waals surface area contributed by atoms with Crippen LogP contribution in [0.3, 0.4) is 0 Å². The molecule has 0 saturated carbocycles. The summed E-state index contributed by atoms with van der Waals surface area (Å²) >= 11 is 1.61. The van der Waals surface area contributed by atoms with Gasteiger partial charge in [0.25, 0.3) is 0 Å². The van der Waals surface area contributed by atoms with Crippen LogP contribution in [0.25, 0.3) is 0 Å². The number of nitrogens with zero attached hydrogens (tertiary/aromatic N) is 3. The Morgan fingerprint density at radius 1 is 1.39 bits per heavy atom. The molecule has 94 valence electrons. The number of aromatic nitrogens is 2. The summed E-state index contributed by atoms with van der Waals surface area (Å²) in [5, 5.41) is 10.1. The van der Waals surface area contributed by atoms with Crippen molar-refractivity contribution < 1.29 is 4.74 Å². The number of para-hydroxylation sites is 1. The number of rotatable bonds is 3. The molecule has 1 aromatic carbocycles. The molecule has 2 aromatic rings. The summed E-state index contributed by atoms with van der Waals surface area (Å²) in [4.78, 5) is 2.11. The van der Waals surface area contributed by atoms with Gasteiger partial charge >= 0.3 is 0 Å². The molecule has 1 atom stereocenters. The fraction of sp³-hybridized carbons (Fsp3) is 0.385. The maximum Gasteiger partial charge on any atom is 0.208 e. The standard InChI is InChI=1S/C13H15N3OS/c1-9-14-15-13(18-9)16(2)8-11-7-10-5-3-4-6-12(10)17-11/h3-6,11H,7-8H2,1-2H3/t11-/m1/s1. The third-order valence-electron chi connectivity index (χ3n) is 3.03. The minimum atomic E-state index is 0.205. The third kappa shape index (κ3) is 2.18. The van der Waals surface area contributed by atoms with Crippen LogP contribution in [0.4, 0.5) is 5.13 Å². The number of benzene rings is 1. The Morgan fingerprint density at radius 3 is 2.94 bits per heavy atom. The van der Waals surface area contributed by atoms with Gasteiger partial charge in [-0.15, -0.1) is 10.2 Å². The first-order valence-electron chi connectivity index (χ1n) is 5.98. The molecule has 5 heteroatoms. The van der Waals surface area contributed by atoms with E-state index in [4.69, 9.17) is 4.74 Å². The van der Waals surface area contributed by atoms with Crippen molar-refractivity contribution in [2.75, 3.05) is 18.5 Å². The third-order valence-corrected chi connectivity index (χ3v) is 3.99. The van der Waals surface area contributed by atoms with Gasteiger partial charge in [-0.1, -0.05) is 29.5 Å². The number of aryl methyl sites for hydroxylation is 1. The van der Waals surface area contributed by atoms with E-state index in [1.165, 1.54) is 5.56 Å². The Labute approximate surface area is 110 Å². The van der Waals surface area contributed by atoms with Crippen LogP contribution >= 0.6 is 11.3 Å². The maximum absolute atomic E-state index is 5.92. The summed E-state index contributed by atoms with van der Waals surface area (Å²) in [6.07, 6.45) is 1.18. The zero-order valence-corrected chi connectivity index (χ0v) is 11.3. The van der Waals surface area contributed by atoms with Gasteiger partial charge in [0.15, 0.2) is 0 Å². The second-order valence-electron chi connectivity index (χ2n) is 4.54. The normalized spacial score (nSPS) is 17.3. The van der Waals surface area contributed by atoms with Gasteiger partial charge in [0.1, 0.15) is 16.9 Å². The summed E-state index contributed by atoms with van der Waals surface area (Å²) in [6.45, 7) is 2.81. The van der Waals surface area contributed by atoms with Crippen molar-refractivity contribution in [3.63, 3.8) is 0 Å². The molecule has 1 aromatic heterocycles. The summed E-state index contributed by atoms with van der Waals surface area (Å²) < 4.78 is 5.92. The molecule has 0 unspecified atom stereocenters. The van der Waals surface area contributed by atoms with E-state index in [1.54, 1.807) is 11.3 Å². The lowest BCUT2D eigenvalue weighted by atomic mass is 10.1. The molecule has 0 saturated heterocycles. The van der Waals surface area contributed by atoms with Gasteiger partial charge in [-0.2, -0.15) is 0 Å². The number of anilines is 1. The van der Waals surface area contributed by atoms with Crippen molar-refractivity contribution in [1.29, 1.82) is 0 Å². The van der Waals surface area contributed by atoms with Crippen LogP contribution in [0.1, 0.15) is 10.6 Å². The van der Waals surface area contributed by atoms with Crippen LogP contribution in [0, 0.1) is 6.92 Å². The van der Waals surface area contributed by atoms with E-state index in [-0.39, 0.29) is 6.10 Å². The van der Waals surface area contributed by atoms with E-state index in [2.05, 4.69) is 27.2 Å². The molecule has 18 heavy (non-hydrogen) atoms. The Hall–Kier alpha value is -1.62. The molecular formula is C13H15N3OS. The highest BCUT2D eigenvalue weighted by atomic mass is 32.1. The second kappa shape index (κ2) is 4.57. The monoisotopic (exact) mass is 261 g/mol. The molecule has 0 amide bonds. The van der Waals surface area contributed by atoms with E-state index in [0.29, 0.717) is 0 Å². The van der Waals surface area contributed by atoms with Crippen LogP contribution in [-0.4, -0.2) is 29.9 Å². The summed E-state index contributed by atoms with van der Waals surface area (Å²) in [5.41, 5.74) is 1.30. The van der Waals surface area contributed by atoms with E-state index in [1.807, 2.05) is 26.1 Å². The number of fused-ring (bicyclic) bond motifs is 1. The van der Waals surface area contributed by atoms with Crippen LogP contribution in [0.15, 0.2) is 24.3 Å². The lowest BCUT2D eigenvalue weighted by Crippen LogP contribution is -2.31. The Balaban J connectivity index is 1.66. The van der Waals surface area contributed by atoms with Gasteiger partial charge in [-0.05, 0) is 18.6 Å². The number of hydrogen-bond donors (Lipinski definition) is 0. The first-order chi connectivity index (χ1) is 8.72. The molecule has 1 aliphatic rings. The van der Waals surface area contributed by atoms with E-state index < -0.39 is 0 Å². The molecule has 4 nitrogen and oxygen atoms in total. The SMILES string of the molecule is Cc1nnc(N(C)C[C@H]2Cc3ccccc3O2)s1. The molecule has 2 heterocycles. The van der Waals surface area contributed by atoms with E-state index >= 15 is 0 Å². The van der Waals surface area contributed by atoms with Gasteiger partial charge in [0, 0.05) is 13.5 Å². The van der Waals surface area contributed by atoms with Crippen molar-refractivity contribution in [1.82, 2.24) is 10.2 Å². The largest absolute Gasteiger partial charge is 0.488 e. The number of likely N-dealkylation sites (N-methyl/N-ethyl adjacent to an activating group) is 1. The smallest absolute Gasteiger partial charge is 0.208 e. The lowest BCUT2D eigenvalue weighted by Gasteiger charge is -2.19. The zero-order chi connectivity index (χ0) is 12.5. The fourth-order valence-corrected chi connectivity index (χ4v) is 2.84. The molecule has 0 spiro atoms. The molecular weight excluding hydrogens is 246 g/mol. The van der Waals surface area contributed by atoms with Crippen molar-refractivity contribution in [3.05, 3.63) is 34.8 Å². The predicted molar refractivity (Wildman–Crippen MR) is 72.5 cm³/mol. The molecule has 0 N–H and O–H groups in total. The molecule has 0 aliphatic carbocycles. The minimum Gasteiger partial charge on any atom is -0.488 e. The van der Waals surface area contributed by atoms with Crippen LogP contribution in [-0.2, 0) is 6.42 Å². The number of hydrogen-bond acceptors (Lipinski definition) is 5. The number of ether oxygens (including phenoxy) is 1. The average molecular weight is 261 g/mol. The van der Waals surface area contributed by atoms with Crippen LogP contribution in [0.2, 0.25) is 0 Å². The molecule has 0 fully saturated rings. The topological polar surface area (TPSA) is 38.2 Å². The van der Waals surface area contributed by atoms with Gasteiger partial charge in [0.05, 0.1) is 6.54 Å². The molecule has 0 bridgehead atoms.